The lowest BCUT2D eigenvalue weighted by Crippen LogP contribution is -2.20. The smallest absolute Gasteiger partial charge is 0.359 e. The molecule has 1 amide bonds. The second-order valence-electron chi connectivity index (χ2n) is 6.69. The first-order valence-corrected chi connectivity index (χ1v) is 9.59. The number of rotatable bonds is 8. The lowest BCUT2D eigenvalue weighted by molar-refractivity contribution is 0.0509. The van der Waals surface area contributed by atoms with E-state index in [4.69, 9.17) is 10.3 Å². The van der Waals surface area contributed by atoms with Crippen LogP contribution in [0.15, 0.2) is 53.6 Å². The van der Waals surface area contributed by atoms with Crippen LogP contribution in [0.3, 0.4) is 0 Å². The summed E-state index contributed by atoms with van der Waals surface area (Å²) in [6.45, 7) is 4.23. The van der Waals surface area contributed by atoms with Crippen LogP contribution in [0.4, 0.5) is 5.69 Å². The van der Waals surface area contributed by atoms with Gasteiger partial charge in [-0.25, -0.2) is 9.48 Å². The summed E-state index contributed by atoms with van der Waals surface area (Å²) < 4.78 is 6.46. The molecular formula is C21H21N7O3. The Labute approximate surface area is 178 Å². The predicted molar refractivity (Wildman–Crippen MR) is 114 cm³/mol. The molecule has 31 heavy (non-hydrogen) atoms. The Balaban J connectivity index is 1.85. The van der Waals surface area contributed by atoms with Crippen LogP contribution < -0.4 is 5.32 Å². The highest BCUT2D eigenvalue weighted by Gasteiger charge is 2.26. The maximum atomic E-state index is 12.8. The van der Waals surface area contributed by atoms with Crippen LogP contribution in [-0.4, -0.2) is 33.5 Å². The molecule has 0 atom stereocenters. The van der Waals surface area contributed by atoms with Gasteiger partial charge in [0.1, 0.15) is 0 Å². The van der Waals surface area contributed by atoms with Crippen LogP contribution in [0.25, 0.3) is 10.4 Å². The minimum atomic E-state index is -0.679. The van der Waals surface area contributed by atoms with E-state index in [-0.39, 0.29) is 31.1 Å². The maximum Gasteiger partial charge on any atom is 0.359 e. The number of anilines is 1. The Bertz CT molecular complexity index is 1110. The van der Waals surface area contributed by atoms with Crippen molar-refractivity contribution in [1.29, 1.82) is 0 Å². The third-order valence-electron chi connectivity index (χ3n) is 4.40. The maximum absolute atomic E-state index is 12.8. The minimum Gasteiger partial charge on any atom is -0.461 e. The van der Waals surface area contributed by atoms with E-state index in [1.54, 1.807) is 19.1 Å². The molecule has 3 aromatic rings. The SMILES string of the molecule is CCOC(=O)c1c(C(=O)Nc2ccc(C)cc2)nnn1Cc1ccc(CN=[N+]=[N-])cc1. The van der Waals surface area contributed by atoms with E-state index in [1.807, 2.05) is 43.3 Å². The molecule has 0 radical (unpaired) electrons. The zero-order chi connectivity index (χ0) is 22.2. The normalized spacial score (nSPS) is 10.3. The van der Waals surface area contributed by atoms with Gasteiger partial charge in [0.2, 0.25) is 0 Å². The van der Waals surface area contributed by atoms with Crippen molar-refractivity contribution in [2.75, 3.05) is 11.9 Å². The number of hydrogen-bond acceptors (Lipinski definition) is 6. The van der Waals surface area contributed by atoms with Crippen molar-refractivity contribution in [1.82, 2.24) is 15.0 Å². The molecule has 10 nitrogen and oxygen atoms in total. The van der Waals surface area contributed by atoms with Crippen LogP contribution in [0.2, 0.25) is 0 Å². The van der Waals surface area contributed by atoms with E-state index in [1.165, 1.54) is 4.68 Å². The molecule has 1 aromatic heterocycles. The Morgan fingerprint density at radius 1 is 1.13 bits per heavy atom. The first-order valence-electron chi connectivity index (χ1n) is 9.59. The van der Waals surface area contributed by atoms with Crippen LogP contribution in [0.5, 0.6) is 0 Å². The van der Waals surface area contributed by atoms with Gasteiger partial charge in [0.05, 0.1) is 19.7 Å². The fourth-order valence-corrected chi connectivity index (χ4v) is 2.84. The Kier molecular flexibility index (Phi) is 6.97. The third-order valence-corrected chi connectivity index (χ3v) is 4.40. The number of carbonyl (C=O) groups is 2. The number of aromatic nitrogens is 3. The van der Waals surface area contributed by atoms with Gasteiger partial charge in [0, 0.05) is 10.6 Å². The second kappa shape index (κ2) is 10.0. The zero-order valence-electron chi connectivity index (χ0n) is 17.1. The molecule has 3 rings (SSSR count). The van der Waals surface area contributed by atoms with E-state index >= 15 is 0 Å². The average Bonchev–Trinajstić information content (AvgIpc) is 3.19. The summed E-state index contributed by atoms with van der Waals surface area (Å²) in [4.78, 5) is 28.1. The molecule has 0 spiro atoms. The molecule has 158 valence electrons. The number of aryl methyl sites for hydroxylation is 1. The van der Waals surface area contributed by atoms with Crippen molar-refractivity contribution in [2.24, 2.45) is 5.11 Å². The van der Waals surface area contributed by atoms with E-state index in [0.717, 1.165) is 16.7 Å². The molecule has 0 unspecified atom stereocenters. The number of carbonyl (C=O) groups excluding carboxylic acids is 2. The molecule has 2 aromatic carbocycles. The third kappa shape index (κ3) is 5.46. The summed E-state index contributed by atoms with van der Waals surface area (Å²) in [5.74, 6) is -1.23. The fraction of sp³-hybridized carbons (Fsp3) is 0.238. The zero-order valence-corrected chi connectivity index (χ0v) is 17.1. The van der Waals surface area contributed by atoms with Gasteiger partial charge in [-0.1, -0.05) is 52.3 Å². The number of azide groups is 1. The van der Waals surface area contributed by atoms with Gasteiger partial charge in [-0.3, -0.25) is 4.79 Å². The molecule has 0 aliphatic rings. The van der Waals surface area contributed by atoms with E-state index in [2.05, 4.69) is 25.7 Å². The van der Waals surface area contributed by atoms with Crippen LogP contribution >= 0.6 is 0 Å². The van der Waals surface area contributed by atoms with Gasteiger partial charge < -0.3 is 10.1 Å². The van der Waals surface area contributed by atoms with E-state index in [9.17, 15) is 9.59 Å². The molecule has 0 aliphatic carbocycles. The number of nitrogens with one attached hydrogen (secondary N) is 1. The largest absolute Gasteiger partial charge is 0.461 e. The highest BCUT2D eigenvalue weighted by Crippen LogP contribution is 2.15. The van der Waals surface area contributed by atoms with Gasteiger partial charge in [-0.05, 0) is 42.6 Å². The quantitative estimate of drug-likeness (QED) is 0.256. The molecular weight excluding hydrogens is 398 g/mol. The molecule has 1 N–H and O–H groups in total. The van der Waals surface area contributed by atoms with Crippen molar-refractivity contribution < 1.29 is 14.3 Å². The first-order chi connectivity index (χ1) is 15.0. The highest BCUT2D eigenvalue weighted by molar-refractivity contribution is 6.08. The summed E-state index contributed by atoms with van der Waals surface area (Å²) in [6, 6.07) is 14.5. The molecule has 10 heteroatoms. The molecule has 0 saturated heterocycles. The molecule has 1 heterocycles. The molecule has 0 bridgehead atoms. The summed E-state index contributed by atoms with van der Waals surface area (Å²) >= 11 is 0. The van der Waals surface area contributed by atoms with E-state index in [0.29, 0.717) is 5.69 Å². The van der Waals surface area contributed by atoms with Crippen molar-refractivity contribution in [3.63, 3.8) is 0 Å². The predicted octanol–water partition coefficient (Wildman–Crippen LogP) is 3.87. The van der Waals surface area contributed by atoms with Gasteiger partial charge in [-0.2, -0.15) is 0 Å². The van der Waals surface area contributed by atoms with Gasteiger partial charge in [0.25, 0.3) is 5.91 Å². The lowest BCUT2D eigenvalue weighted by atomic mass is 10.1. The lowest BCUT2D eigenvalue weighted by Gasteiger charge is -2.09. The van der Waals surface area contributed by atoms with Crippen molar-refractivity contribution in [2.45, 2.75) is 26.9 Å². The Morgan fingerprint density at radius 2 is 1.81 bits per heavy atom. The number of benzene rings is 2. The van der Waals surface area contributed by atoms with Crippen molar-refractivity contribution in [3.8, 4) is 0 Å². The molecule has 0 fully saturated rings. The van der Waals surface area contributed by atoms with Crippen molar-refractivity contribution >= 4 is 17.6 Å². The number of hydrogen-bond donors (Lipinski definition) is 1. The standard InChI is InChI=1S/C21H21N7O3/c1-3-31-21(30)19-18(20(29)24-17-10-4-14(2)5-11-17)25-27-28(19)13-16-8-6-15(7-9-16)12-23-26-22/h4-11H,3,12-13H2,1-2H3,(H,24,29). The second-order valence-corrected chi connectivity index (χ2v) is 6.69. The van der Waals surface area contributed by atoms with Gasteiger partial charge in [-0.15, -0.1) is 5.10 Å². The van der Waals surface area contributed by atoms with Crippen LogP contribution in [0, 0.1) is 6.92 Å². The van der Waals surface area contributed by atoms with Crippen LogP contribution in [0.1, 0.15) is 44.6 Å². The fourth-order valence-electron chi connectivity index (χ4n) is 2.84. The minimum absolute atomic E-state index is 0.0235. The summed E-state index contributed by atoms with van der Waals surface area (Å²) in [6.07, 6.45) is 0. The first kappa shape index (κ1) is 21.5. The summed E-state index contributed by atoms with van der Waals surface area (Å²) in [7, 11) is 0. The number of amides is 1. The summed E-state index contributed by atoms with van der Waals surface area (Å²) in [5, 5.41) is 14.2. The Morgan fingerprint density at radius 3 is 2.45 bits per heavy atom. The van der Waals surface area contributed by atoms with E-state index < -0.39 is 11.9 Å². The average molecular weight is 419 g/mol. The Hall–Kier alpha value is -4.17. The monoisotopic (exact) mass is 419 g/mol. The number of nitrogens with zero attached hydrogens (tertiary/aromatic N) is 6. The van der Waals surface area contributed by atoms with Crippen molar-refractivity contribution in [3.05, 3.63) is 87.1 Å². The topological polar surface area (TPSA) is 135 Å². The number of ether oxygens (including phenoxy) is 1. The van der Waals surface area contributed by atoms with Crippen LogP contribution in [-0.2, 0) is 17.8 Å². The number of esters is 1. The molecule has 0 saturated carbocycles. The molecule has 0 aliphatic heterocycles. The highest BCUT2D eigenvalue weighted by atomic mass is 16.5. The van der Waals surface area contributed by atoms with Gasteiger partial charge >= 0.3 is 5.97 Å². The summed E-state index contributed by atoms with van der Waals surface area (Å²) in [5.41, 5.74) is 11.6. The van der Waals surface area contributed by atoms with Gasteiger partial charge in [0.15, 0.2) is 11.4 Å².